The molecule has 2 aromatic rings. The molecule has 8 heteroatoms. The third-order valence-corrected chi connectivity index (χ3v) is 7.83. The first-order valence-electron chi connectivity index (χ1n) is 11.1. The van der Waals surface area contributed by atoms with Crippen molar-refractivity contribution in [2.45, 2.75) is 56.1 Å². The molecule has 4 saturated heterocycles. The van der Waals surface area contributed by atoms with Crippen molar-refractivity contribution in [3.63, 3.8) is 0 Å². The fourth-order valence-corrected chi connectivity index (χ4v) is 6.23. The molecule has 0 saturated carbocycles. The van der Waals surface area contributed by atoms with Gasteiger partial charge in [0.15, 0.2) is 11.0 Å². The fourth-order valence-electron chi connectivity index (χ4n) is 6.09. The van der Waals surface area contributed by atoms with E-state index in [2.05, 4.69) is 25.1 Å². The number of pyridine rings is 2. The molecule has 0 amide bonds. The highest BCUT2D eigenvalue weighted by atomic mass is 35.5. The molecule has 0 spiro atoms. The average molecular weight is 432 g/mol. The highest BCUT2D eigenvalue weighted by molar-refractivity contribution is 6.30. The number of nitrogens with one attached hydrogen (secondary N) is 1. The van der Waals surface area contributed by atoms with E-state index in [1.54, 1.807) is 6.20 Å². The summed E-state index contributed by atoms with van der Waals surface area (Å²) in [4.78, 5) is 13.5. The van der Waals surface area contributed by atoms with Crippen molar-refractivity contribution >= 4 is 28.2 Å². The van der Waals surface area contributed by atoms with Crippen LogP contribution in [0, 0.1) is 5.82 Å². The van der Waals surface area contributed by atoms with Gasteiger partial charge in [-0.15, -0.1) is 0 Å². The second kappa shape index (κ2) is 7.18. The van der Waals surface area contributed by atoms with Gasteiger partial charge in [-0.25, -0.2) is 14.4 Å². The standard InChI is InChI=1S/C22H27ClFN5O/c23-21-19(24)20-16(10-25-21)17(28-11-14-3-4-15(12-28)26-14)9-18(27-20)30-13-22-5-1-7-29(22)8-2-6-22/h9-10,14-15,26H,1-8,11-13H2. The Bertz CT molecular complexity index is 966. The van der Waals surface area contributed by atoms with E-state index in [1.165, 1.54) is 38.5 Å². The first-order valence-corrected chi connectivity index (χ1v) is 11.5. The van der Waals surface area contributed by atoms with Gasteiger partial charge in [0.2, 0.25) is 5.88 Å². The number of nitrogens with zero attached hydrogens (tertiary/aromatic N) is 4. The Morgan fingerprint density at radius 1 is 1.20 bits per heavy atom. The van der Waals surface area contributed by atoms with Crippen LogP contribution in [0.3, 0.4) is 0 Å². The van der Waals surface area contributed by atoms with Gasteiger partial charge in [0.25, 0.3) is 0 Å². The Kier molecular flexibility index (Phi) is 4.55. The van der Waals surface area contributed by atoms with Crippen molar-refractivity contribution in [1.82, 2.24) is 20.2 Å². The van der Waals surface area contributed by atoms with Crippen molar-refractivity contribution in [2.24, 2.45) is 0 Å². The first-order chi connectivity index (χ1) is 14.6. The Labute approximate surface area is 180 Å². The van der Waals surface area contributed by atoms with E-state index < -0.39 is 5.82 Å². The van der Waals surface area contributed by atoms with Gasteiger partial charge in [0.1, 0.15) is 12.1 Å². The number of ether oxygens (including phenoxy) is 1. The van der Waals surface area contributed by atoms with Gasteiger partial charge in [0.05, 0.1) is 11.2 Å². The van der Waals surface area contributed by atoms with E-state index in [9.17, 15) is 4.39 Å². The van der Waals surface area contributed by atoms with Crippen LogP contribution in [-0.4, -0.2) is 65.3 Å². The molecule has 0 radical (unpaired) electrons. The van der Waals surface area contributed by atoms with Gasteiger partial charge in [-0.2, -0.15) is 0 Å². The first kappa shape index (κ1) is 19.0. The predicted octanol–water partition coefficient (Wildman–Crippen LogP) is 3.37. The lowest BCUT2D eigenvalue weighted by atomic mass is 9.95. The monoisotopic (exact) mass is 431 g/mol. The molecule has 2 bridgehead atoms. The molecule has 0 aliphatic carbocycles. The third-order valence-electron chi connectivity index (χ3n) is 7.57. The molecule has 160 valence electrons. The largest absolute Gasteiger partial charge is 0.476 e. The van der Waals surface area contributed by atoms with Crippen LogP contribution >= 0.6 is 11.6 Å². The highest BCUT2D eigenvalue weighted by Crippen LogP contribution is 2.40. The lowest BCUT2D eigenvalue weighted by Gasteiger charge is -2.35. The Balaban J connectivity index is 1.36. The van der Waals surface area contributed by atoms with Crippen molar-refractivity contribution in [3.05, 3.63) is 23.2 Å². The molecule has 0 aromatic carbocycles. The molecule has 4 aliphatic rings. The molecule has 2 unspecified atom stereocenters. The predicted molar refractivity (Wildman–Crippen MR) is 115 cm³/mol. The highest BCUT2D eigenvalue weighted by Gasteiger charge is 2.45. The summed E-state index contributed by atoms with van der Waals surface area (Å²) in [7, 11) is 0. The molecule has 2 aromatic heterocycles. The summed E-state index contributed by atoms with van der Waals surface area (Å²) in [6.45, 7) is 4.71. The van der Waals surface area contributed by atoms with Crippen LogP contribution in [0.25, 0.3) is 10.9 Å². The lowest BCUT2D eigenvalue weighted by Crippen LogP contribution is -2.51. The maximum absolute atomic E-state index is 14.9. The van der Waals surface area contributed by atoms with E-state index in [-0.39, 0.29) is 16.2 Å². The van der Waals surface area contributed by atoms with E-state index in [4.69, 9.17) is 16.3 Å². The Morgan fingerprint density at radius 3 is 2.67 bits per heavy atom. The lowest BCUT2D eigenvalue weighted by molar-refractivity contribution is 0.111. The number of fused-ring (bicyclic) bond motifs is 4. The van der Waals surface area contributed by atoms with Gasteiger partial charge in [0, 0.05) is 42.8 Å². The second-order valence-corrected chi connectivity index (χ2v) is 9.71. The Morgan fingerprint density at radius 2 is 1.93 bits per heavy atom. The van der Waals surface area contributed by atoms with Crippen LogP contribution in [0.2, 0.25) is 5.15 Å². The van der Waals surface area contributed by atoms with Gasteiger partial charge >= 0.3 is 0 Å². The van der Waals surface area contributed by atoms with Gasteiger partial charge < -0.3 is 15.0 Å². The maximum Gasteiger partial charge on any atom is 0.216 e. The molecule has 6 rings (SSSR count). The van der Waals surface area contributed by atoms with Crippen LogP contribution in [0.5, 0.6) is 5.88 Å². The summed E-state index contributed by atoms with van der Waals surface area (Å²) in [6, 6.07) is 2.93. The molecule has 30 heavy (non-hydrogen) atoms. The summed E-state index contributed by atoms with van der Waals surface area (Å²) < 4.78 is 21.2. The minimum atomic E-state index is -0.569. The molecular formula is C22H27ClFN5O. The van der Waals surface area contributed by atoms with E-state index in [0.29, 0.717) is 30.0 Å². The molecule has 6 heterocycles. The van der Waals surface area contributed by atoms with Crippen molar-refractivity contribution in [1.29, 1.82) is 0 Å². The molecule has 4 aliphatic heterocycles. The number of piperazine rings is 1. The van der Waals surface area contributed by atoms with E-state index in [0.717, 1.165) is 31.9 Å². The number of halogens is 2. The van der Waals surface area contributed by atoms with Crippen molar-refractivity contribution < 1.29 is 9.13 Å². The smallest absolute Gasteiger partial charge is 0.216 e. The quantitative estimate of drug-likeness (QED) is 0.749. The molecular weight excluding hydrogens is 405 g/mol. The van der Waals surface area contributed by atoms with Gasteiger partial charge in [-0.1, -0.05) is 11.6 Å². The second-order valence-electron chi connectivity index (χ2n) is 9.35. The zero-order valence-electron chi connectivity index (χ0n) is 17.0. The molecule has 1 N–H and O–H groups in total. The summed E-state index contributed by atoms with van der Waals surface area (Å²) in [6.07, 6.45) is 8.79. The minimum Gasteiger partial charge on any atom is -0.476 e. The van der Waals surface area contributed by atoms with Crippen LogP contribution in [-0.2, 0) is 0 Å². The van der Waals surface area contributed by atoms with Crippen LogP contribution in [0.15, 0.2) is 12.3 Å². The van der Waals surface area contributed by atoms with Crippen LogP contribution < -0.4 is 15.0 Å². The van der Waals surface area contributed by atoms with E-state index >= 15 is 0 Å². The number of hydrogen-bond acceptors (Lipinski definition) is 6. The normalized spacial score (nSPS) is 27.7. The van der Waals surface area contributed by atoms with Gasteiger partial charge in [-0.3, -0.25) is 4.90 Å². The van der Waals surface area contributed by atoms with Crippen LogP contribution in [0.1, 0.15) is 38.5 Å². The summed E-state index contributed by atoms with van der Waals surface area (Å²) >= 11 is 5.99. The van der Waals surface area contributed by atoms with Crippen LogP contribution in [0.4, 0.5) is 10.1 Å². The zero-order chi connectivity index (χ0) is 20.3. The zero-order valence-corrected chi connectivity index (χ0v) is 17.8. The van der Waals surface area contributed by atoms with E-state index in [1.807, 2.05) is 6.07 Å². The number of hydrogen-bond donors (Lipinski definition) is 1. The molecule has 2 atom stereocenters. The summed E-state index contributed by atoms with van der Waals surface area (Å²) in [5.41, 5.74) is 1.32. The van der Waals surface area contributed by atoms with Gasteiger partial charge in [-0.05, 0) is 51.6 Å². The Hall–Kier alpha value is -1.70. The summed E-state index contributed by atoms with van der Waals surface area (Å²) in [5.74, 6) is -0.0850. The fraction of sp³-hybridized carbons (Fsp3) is 0.636. The molecule has 4 fully saturated rings. The third kappa shape index (κ3) is 3.05. The van der Waals surface area contributed by atoms with Crippen molar-refractivity contribution in [2.75, 3.05) is 37.7 Å². The minimum absolute atomic E-state index is 0.124. The number of aromatic nitrogens is 2. The number of anilines is 1. The topological polar surface area (TPSA) is 53.5 Å². The van der Waals surface area contributed by atoms with Crippen molar-refractivity contribution in [3.8, 4) is 5.88 Å². The average Bonchev–Trinajstić information content (AvgIpc) is 3.42. The maximum atomic E-state index is 14.9. The summed E-state index contributed by atoms with van der Waals surface area (Å²) in [5, 5.41) is 4.21. The number of rotatable bonds is 4. The molecule has 6 nitrogen and oxygen atoms in total. The SMILES string of the molecule is Fc1c(Cl)ncc2c(N3CC4CCC(C3)N4)cc(OCC34CCCN3CCC4)nc12.